The van der Waals surface area contributed by atoms with Gasteiger partial charge in [0.25, 0.3) is 0 Å². The summed E-state index contributed by atoms with van der Waals surface area (Å²) >= 11 is 0. The van der Waals surface area contributed by atoms with Crippen LogP contribution in [0, 0.1) is 11.3 Å². The van der Waals surface area contributed by atoms with E-state index in [4.69, 9.17) is 5.26 Å². The zero-order valence-electron chi connectivity index (χ0n) is 8.31. The van der Waals surface area contributed by atoms with Crippen molar-refractivity contribution in [2.45, 2.75) is 19.4 Å². The number of carbonyl (C=O) groups excluding carboxylic acids is 1. The number of hydrogen-bond acceptors (Lipinski definition) is 4. The summed E-state index contributed by atoms with van der Waals surface area (Å²) < 4.78 is 5.93. The number of aromatic nitrogens is 2. The monoisotopic (exact) mass is 193 g/mol. The second kappa shape index (κ2) is 3.50. The van der Waals surface area contributed by atoms with Crippen molar-refractivity contribution in [2.24, 2.45) is 0 Å². The van der Waals surface area contributed by atoms with Gasteiger partial charge < -0.3 is 4.74 Å². The van der Waals surface area contributed by atoms with E-state index in [1.807, 2.05) is 0 Å². The van der Waals surface area contributed by atoms with Gasteiger partial charge >= 0.3 is 5.97 Å². The first-order valence-electron chi connectivity index (χ1n) is 4.07. The Morgan fingerprint density at radius 2 is 2.36 bits per heavy atom. The molecule has 5 heteroatoms. The number of nitrogens with zero attached hydrogens (tertiary/aromatic N) is 3. The van der Waals surface area contributed by atoms with Gasteiger partial charge in [-0.15, -0.1) is 0 Å². The molecule has 14 heavy (non-hydrogen) atoms. The van der Waals surface area contributed by atoms with Crippen molar-refractivity contribution in [1.29, 1.82) is 5.26 Å². The molecular weight excluding hydrogens is 182 g/mol. The highest BCUT2D eigenvalue weighted by Crippen LogP contribution is 2.12. The Balaban J connectivity index is 3.01. The van der Waals surface area contributed by atoms with E-state index in [0.29, 0.717) is 0 Å². The van der Waals surface area contributed by atoms with E-state index in [9.17, 15) is 4.79 Å². The van der Waals surface area contributed by atoms with E-state index in [0.717, 1.165) is 0 Å². The van der Waals surface area contributed by atoms with Crippen LogP contribution < -0.4 is 0 Å². The van der Waals surface area contributed by atoms with Crippen molar-refractivity contribution in [3.05, 3.63) is 18.0 Å². The number of ether oxygens (including phenoxy) is 1. The SMILES string of the molecule is COC(=O)c1ccn(C(C)(C)C#N)n1. The molecule has 0 aromatic carbocycles. The minimum Gasteiger partial charge on any atom is -0.464 e. The third-order valence-electron chi connectivity index (χ3n) is 1.83. The normalized spacial score (nSPS) is 10.7. The van der Waals surface area contributed by atoms with Crippen LogP contribution in [0.2, 0.25) is 0 Å². The number of hydrogen-bond donors (Lipinski definition) is 0. The molecule has 0 fully saturated rings. The lowest BCUT2D eigenvalue weighted by atomic mass is 10.1. The summed E-state index contributed by atoms with van der Waals surface area (Å²) in [4.78, 5) is 11.1. The highest BCUT2D eigenvalue weighted by atomic mass is 16.5. The van der Waals surface area contributed by atoms with Gasteiger partial charge in [-0.25, -0.2) is 4.79 Å². The van der Waals surface area contributed by atoms with Crippen LogP contribution in [0.25, 0.3) is 0 Å². The van der Waals surface area contributed by atoms with E-state index < -0.39 is 11.5 Å². The molecular formula is C9H11N3O2. The zero-order valence-corrected chi connectivity index (χ0v) is 8.31. The number of methoxy groups -OCH3 is 1. The maximum atomic E-state index is 11.1. The fourth-order valence-corrected chi connectivity index (χ4v) is 0.900. The summed E-state index contributed by atoms with van der Waals surface area (Å²) in [6.45, 7) is 3.42. The summed E-state index contributed by atoms with van der Waals surface area (Å²) in [5.41, 5.74) is -0.553. The van der Waals surface area contributed by atoms with Crippen molar-refractivity contribution >= 4 is 5.97 Å². The number of esters is 1. The van der Waals surface area contributed by atoms with Gasteiger partial charge in [0, 0.05) is 6.20 Å². The summed E-state index contributed by atoms with van der Waals surface area (Å²) in [5.74, 6) is -0.502. The molecule has 0 atom stereocenters. The molecule has 0 bridgehead atoms. The van der Waals surface area contributed by atoms with Crippen molar-refractivity contribution in [2.75, 3.05) is 7.11 Å². The molecule has 0 saturated carbocycles. The Hall–Kier alpha value is -1.83. The lowest BCUT2D eigenvalue weighted by Gasteiger charge is -2.15. The topological polar surface area (TPSA) is 67.9 Å². The molecule has 0 unspecified atom stereocenters. The maximum Gasteiger partial charge on any atom is 0.358 e. The smallest absolute Gasteiger partial charge is 0.358 e. The molecule has 0 aliphatic heterocycles. The van der Waals surface area contributed by atoms with Crippen molar-refractivity contribution in [1.82, 2.24) is 9.78 Å². The highest BCUT2D eigenvalue weighted by Gasteiger charge is 2.21. The predicted molar refractivity (Wildman–Crippen MR) is 48.5 cm³/mol. The third kappa shape index (κ3) is 1.74. The van der Waals surface area contributed by atoms with Gasteiger partial charge in [-0.1, -0.05) is 0 Å². The van der Waals surface area contributed by atoms with Gasteiger partial charge in [0.1, 0.15) is 5.54 Å². The van der Waals surface area contributed by atoms with E-state index in [1.54, 1.807) is 20.0 Å². The molecule has 74 valence electrons. The van der Waals surface area contributed by atoms with Gasteiger partial charge in [0.15, 0.2) is 5.69 Å². The van der Waals surface area contributed by atoms with Gasteiger partial charge in [-0.3, -0.25) is 4.68 Å². The van der Waals surface area contributed by atoms with Gasteiger partial charge in [-0.2, -0.15) is 10.4 Å². The van der Waals surface area contributed by atoms with Gasteiger partial charge in [-0.05, 0) is 19.9 Å². The first-order valence-corrected chi connectivity index (χ1v) is 4.07. The Morgan fingerprint density at radius 3 is 2.86 bits per heavy atom. The second-order valence-electron chi connectivity index (χ2n) is 3.31. The van der Waals surface area contributed by atoms with Crippen LogP contribution in [0.15, 0.2) is 12.3 Å². The maximum absolute atomic E-state index is 11.1. The van der Waals surface area contributed by atoms with Gasteiger partial charge in [0.2, 0.25) is 0 Å². The van der Waals surface area contributed by atoms with E-state index >= 15 is 0 Å². The van der Waals surface area contributed by atoms with Crippen LogP contribution in [-0.2, 0) is 10.3 Å². The lowest BCUT2D eigenvalue weighted by molar-refractivity contribution is 0.0592. The molecule has 5 nitrogen and oxygen atoms in total. The van der Waals surface area contributed by atoms with Crippen LogP contribution in [-0.4, -0.2) is 22.9 Å². The zero-order chi connectivity index (χ0) is 10.8. The molecule has 1 rings (SSSR count). The average Bonchev–Trinajstić information content (AvgIpc) is 2.66. The number of nitriles is 1. The Morgan fingerprint density at radius 1 is 1.71 bits per heavy atom. The van der Waals surface area contributed by atoms with E-state index in [2.05, 4.69) is 15.9 Å². The average molecular weight is 193 g/mol. The first-order chi connectivity index (χ1) is 6.51. The number of carbonyl (C=O) groups is 1. The molecule has 0 saturated heterocycles. The minimum atomic E-state index is -0.758. The summed E-state index contributed by atoms with van der Waals surface area (Å²) in [6, 6.07) is 3.59. The molecule has 0 amide bonds. The molecule has 1 aromatic rings. The Kier molecular flexibility index (Phi) is 2.56. The highest BCUT2D eigenvalue weighted by molar-refractivity contribution is 5.86. The quantitative estimate of drug-likeness (QED) is 0.655. The third-order valence-corrected chi connectivity index (χ3v) is 1.83. The predicted octanol–water partition coefficient (Wildman–Crippen LogP) is 0.928. The summed E-state index contributed by atoms with van der Waals surface area (Å²) in [7, 11) is 1.29. The van der Waals surface area contributed by atoms with Crippen molar-refractivity contribution in [3.63, 3.8) is 0 Å². The fraction of sp³-hybridized carbons (Fsp3) is 0.444. The van der Waals surface area contributed by atoms with E-state index in [-0.39, 0.29) is 5.69 Å². The van der Waals surface area contributed by atoms with Crippen LogP contribution in [0.3, 0.4) is 0 Å². The first kappa shape index (κ1) is 10.3. The summed E-state index contributed by atoms with van der Waals surface area (Å²) in [5, 5.41) is 12.8. The Bertz CT molecular complexity index is 387. The molecule has 0 N–H and O–H groups in total. The standard InChI is InChI=1S/C9H11N3O2/c1-9(2,6-10)12-5-4-7(11-12)8(13)14-3/h4-5H,1-3H3. The van der Waals surface area contributed by atoms with E-state index in [1.165, 1.54) is 17.9 Å². The summed E-state index contributed by atoms with van der Waals surface area (Å²) in [6.07, 6.45) is 1.58. The fourth-order valence-electron chi connectivity index (χ4n) is 0.900. The molecule has 0 aliphatic rings. The molecule has 0 radical (unpaired) electrons. The molecule has 0 aliphatic carbocycles. The Labute approximate surface area is 81.9 Å². The second-order valence-corrected chi connectivity index (χ2v) is 3.31. The van der Waals surface area contributed by atoms with Gasteiger partial charge in [0.05, 0.1) is 13.2 Å². The van der Waals surface area contributed by atoms with Crippen LogP contribution >= 0.6 is 0 Å². The van der Waals surface area contributed by atoms with Crippen molar-refractivity contribution in [3.8, 4) is 6.07 Å². The lowest BCUT2D eigenvalue weighted by Crippen LogP contribution is -2.24. The molecule has 1 heterocycles. The largest absolute Gasteiger partial charge is 0.464 e. The molecule has 1 aromatic heterocycles. The van der Waals surface area contributed by atoms with Crippen molar-refractivity contribution < 1.29 is 9.53 Å². The minimum absolute atomic E-state index is 0.204. The number of rotatable bonds is 2. The van der Waals surface area contributed by atoms with Crippen LogP contribution in [0.4, 0.5) is 0 Å². The molecule has 0 spiro atoms. The van der Waals surface area contributed by atoms with Crippen LogP contribution in [0.5, 0.6) is 0 Å². The van der Waals surface area contributed by atoms with Crippen LogP contribution in [0.1, 0.15) is 24.3 Å².